The lowest BCUT2D eigenvalue weighted by atomic mass is 10.2. The van der Waals surface area contributed by atoms with Crippen LogP contribution in [0.3, 0.4) is 0 Å². The summed E-state index contributed by atoms with van der Waals surface area (Å²) in [5, 5.41) is 10.5. The van der Waals surface area contributed by atoms with Gasteiger partial charge in [0.2, 0.25) is 0 Å². The van der Waals surface area contributed by atoms with E-state index in [4.69, 9.17) is 4.74 Å². The van der Waals surface area contributed by atoms with Gasteiger partial charge in [-0.15, -0.1) is 0 Å². The molecule has 0 aliphatic heterocycles. The molecule has 0 N–H and O–H groups in total. The van der Waals surface area contributed by atoms with E-state index in [1.165, 1.54) is 6.07 Å². The van der Waals surface area contributed by atoms with Gasteiger partial charge in [0.05, 0.1) is 17.1 Å². The molecule has 19 heavy (non-hydrogen) atoms. The van der Waals surface area contributed by atoms with E-state index in [0.29, 0.717) is 6.29 Å². The number of carbonyl (C=O) groups is 1. The zero-order chi connectivity index (χ0) is 14.5. The van der Waals surface area contributed by atoms with Gasteiger partial charge in [0.15, 0.2) is 6.29 Å². The minimum absolute atomic E-state index is 0.0170. The van der Waals surface area contributed by atoms with Crippen LogP contribution in [0.2, 0.25) is 0 Å². The summed E-state index contributed by atoms with van der Waals surface area (Å²) in [6.45, 7) is -0.261. The first kappa shape index (κ1) is 15.3. The number of non-ortho nitro benzene ring substituents is 1. The predicted molar refractivity (Wildman–Crippen MR) is 62.5 cm³/mol. The normalized spacial score (nSPS) is 11.1. The molecule has 0 bridgehead atoms. The van der Waals surface area contributed by atoms with Crippen LogP contribution in [-0.2, 0) is 0 Å². The molecule has 0 heterocycles. The average molecular weight is 295 g/mol. The highest BCUT2D eigenvalue weighted by atomic mass is 32.2. The third-order valence-electron chi connectivity index (χ3n) is 1.94. The largest absolute Gasteiger partial charge is 0.492 e. The third-order valence-corrected chi connectivity index (χ3v) is 2.64. The Hall–Kier alpha value is -1.77. The molecule has 1 aromatic rings. The number of rotatable bonds is 6. The fourth-order valence-electron chi connectivity index (χ4n) is 1.18. The summed E-state index contributed by atoms with van der Waals surface area (Å²) in [4.78, 5) is 20.5. The number of benzene rings is 1. The van der Waals surface area contributed by atoms with Gasteiger partial charge < -0.3 is 4.74 Å². The third kappa shape index (κ3) is 5.16. The maximum atomic E-state index is 11.8. The van der Waals surface area contributed by atoms with Crippen molar-refractivity contribution in [3.8, 4) is 5.75 Å². The number of alkyl halides is 3. The molecule has 0 aromatic heterocycles. The fourth-order valence-corrected chi connectivity index (χ4v) is 1.58. The van der Waals surface area contributed by atoms with Crippen LogP contribution in [0.1, 0.15) is 10.4 Å². The molecule has 0 fully saturated rings. The number of hydrogen-bond acceptors (Lipinski definition) is 5. The van der Waals surface area contributed by atoms with Gasteiger partial charge in [0.1, 0.15) is 5.75 Å². The Morgan fingerprint density at radius 3 is 2.63 bits per heavy atom. The van der Waals surface area contributed by atoms with Gasteiger partial charge in [0, 0.05) is 17.9 Å². The van der Waals surface area contributed by atoms with E-state index in [2.05, 4.69) is 0 Å². The highest BCUT2D eigenvalue weighted by Gasteiger charge is 2.27. The Morgan fingerprint density at radius 2 is 2.11 bits per heavy atom. The van der Waals surface area contributed by atoms with Crippen LogP contribution in [-0.4, -0.2) is 29.1 Å². The zero-order valence-electron chi connectivity index (χ0n) is 9.35. The molecule has 1 rings (SSSR count). The summed E-state index contributed by atoms with van der Waals surface area (Å²) < 4.78 is 40.5. The van der Waals surface area contributed by atoms with Gasteiger partial charge in [-0.2, -0.15) is 13.2 Å². The molecule has 0 amide bonds. The smallest absolute Gasteiger partial charge is 0.441 e. The molecule has 0 aliphatic rings. The van der Waals surface area contributed by atoms with Gasteiger partial charge >= 0.3 is 5.51 Å². The standard InChI is InChI=1S/C10H8F3NO4S/c11-10(12,13)19-4-3-18-9-2-1-8(14(16)17)5-7(9)6-15/h1-2,5-6H,3-4H2. The van der Waals surface area contributed by atoms with E-state index >= 15 is 0 Å². The van der Waals surface area contributed by atoms with Crippen molar-refractivity contribution in [2.45, 2.75) is 5.51 Å². The van der Waals surface area contributed by atoms with E-state index in [0.717, 1.165) is 12.1 Å². The molecule has 9 heteroatoms. The monoisotopic (exact) mass is 295 g/mol. The number of ether oxygens (including phenoxy) is 1. The van der Waals surface area contributed by atoms with E-state index in [1.807, 2.05) is 0 Å². The molecule has 0 spiro atoms. The van der Waals surface area contributed by atoms with Crippen LogP contribution in [0, 0.1) is 10.1 Å². The maximum Gasteiger partial charge on any atom is 0.441 e. The molecule has 0 radical (unpaired) electrons. The molecular weight excluding hydrogens is 287 g/mol. The Balaban J connectivity index is 2.63. The number of aldehydes is 1. The number of nitro benzene ring substituents is 1. The number of hydrogen-bond donors (Lipinski definition) is 0. The van der Waals surface area contributed by atoms with Crippen LogP contribution in [0.25, 0.3) is 0 Å². The first-order chi connectivity index (χ1) is 8.83. The van der Waals surface area contributed by atoms with Gasteiger partial charge in [-0.05, 0) is 17.8 Å². The number of thioether (sulfide) groups is 1. The molecule has 0 unspecified atom stereocenters. The van der Waals surface area contributed by atoms with Crippen molar-refractivity contribution < 1.29 is 27.6 Å². The Morgan fingerprint density at radius 1 is 1.42 bits per heavy atom. The molecular formula is C10H8F3NO4S. The minimum atomic E-state index is -4.34. The summed E-state index contributed by atoms with van der Waals surface area (Å²) in [5.74, 6) is -0.318. The summed E-state index contributed by atoms with van der Waals surface area (Å²) in [5.41, 5.74) is -4.71. The maximum absolute atomic E-state index is 11.8. The molecule has 0 atom stereocenters. The lowest BCUT2D eigenvalue weighted by Gasteiger charge is -2.09. The molecule has 0 saturated heterocycles. The van der Waals surface area contributed by atoms with Crippen molar-refractivity contribution in [3.05, 3.63) is 33.9 Å². The summed E-state index contributed by atoms with van der Waals surface area (Å²) in [6.07, 6.45) is 0.346. The van der Waals surface area contributed by atoms with Crippen molar-refractivity contribution in [2.24, 2.45) is 0 Å². The SMILES string of the molecule is O=Cc1cc([N+](=O)[O-])ccc1OCCSC(F)(F)F. The quantitative estimate of drug-likeness (QED) is 0.349. The van der Waals surface area contributed by atoms with Crippen LogP contribution < -0.4 is 4.74 Å². The van der Waals surface area contributed by atoms with E-state index in [9.17, 15) is 28.1 Å². The molecule has 1 aromatic carbocycles. The highest BCUT2D eigenvalue weighted by Crippen LogP contribution is 2.30. The van der Waals surface area contributed by atoms with Crippen molar-refractivity contribution in [1.29, 1.82) is 0 Å². The molecule has 104 valence electrons. The Bertz CT molecular complexity index is 478. The van der Waals surface area contributed by atoms with Gasteiger partial charge in [-0.25, -0.2) is 0 Å². The van der Waals surface area contributed by atoms with E-state index in [-0.39, 0.29) is 41.1 Å². The zero-order valence-corrected chi connectivity index (χ0v) is 10.2. The Labute approximate surface area is 109 Å². The fraction of sp³-hybridized carbons (Fsp3) is 0.300. The van der Waals surface area contributed by atoms with Crippen LogP contribution in [0.4, 0.5) is 18.9 Å². The van der Waals surface area contributed by atoms with E-state index in [1.54, 1.807) is 0 Å². The first-order valence-corrected chi connectivity index (χ1v) is 5.89. The number of carbonyl (C=O) groups excluding carboxylic acids is 1. The number of nitro groups is 1. The second-order valence-corrected chi connectivity index (χ2v) is 4.40. The molecule has 5 nitrogen and oxygen atoms in total. The topological polar surface area (TPSA) is 69.4 Å². The second-order valence-electron chi connectivity index (χ2n) is 3.24. The number of nitrogens with zero attached hydrogens (tertiary/aromatic N) is 1. The second kappa shape index (κ2) is 6.41. The van der Waals surface area contributed by atoms with Crippen LogP contribution >= 0.6 is 11.8 Å². The van der Waals surface area contributed by atoms with Crippen molar-refractivity contribution in [1.82, 2.24) is 0 Å². The lowest BCUT2D eigenvalue weighted by Crippen LogP contribution is -2.08. The van der Waals surface area contributed by atoms with Gasteiger partial charge in [-0.1, -0.05) is 0 Å². The summed E-state index contributed by atoms with van der Waals surface area (Å²) >= 11 is -0.247. The summed E-state index contributed by atoms with van der Waals surface area (Å²) in [6, 6.07) is 3.29. The molecule has 0 saturated carbocycles. The van der Waals surface area contributed by atoms with Crippen molar-refractivity contribution in [2.75, 3.05) is 12.4 Å². The highest BCUT2D eigenvalue weighted by molar-refractivity contribution is 8.00. The van der Waals surface area contributed by atoms with Crippen molar-refractivity contribution in [3.63, 3.8) is 0 Å². The first-order valence-electron chi connectivity index (χ1n) is 4.90. The Kier molecular flexibility index (Phi) is 5.16. The predicted octanol–water partition coefficient (Wildman–Crippen LogP) is 3.04. The van der Waals surface area contributed by atoms with E-state index < -0.39 is 10.4 Å². The summed E-state index contributed by atoms with van der Waals surface area (Å²) in [7, 11) is 0. The van der Waals surface area contributed by atoms with Crippen molar-refractivity contribution >= 4 is 23.7 Å². The molecule has 0 aliphatic carbocycles. The minimum Gasteiger partial charge on any atom is -0.492 e. The average Bonchev–Trinajstić information content (AvgIpc) is 2.33. The van der Waals surface area contributed by atoms with Crippen LogP contribution in [0.5, 0.6) is 5.75 Å². The lowest BCUT2D eigenvalue weighted by molar-refractivity contribution is -0.384. The van der Waals surface area contributed by atoms with Gasteiger partial charge in [0.25, 0.3) is 5.69 Å². The van der Waals surface area contributed by atoms with Gasteiger partial charge in [-0.3, -0.25) is 14.9 Å². The number of halogens is 3. The van der Waals surface area contributed by atoms with Crippen LogP contribution in [0.15, 0.2) is 18.2 Å².